The average Bonchev–Trinajstić information content (AvgIpc) is 2.16. The van der Waals surface area contributed by atoms with Crippen LogP contribution >= 0.6 is 0 Å². The molecule has 0 radical (unpaired) electrons. The lowest BCUT2D eigenvalue weighted by Crippen LogP contribution is -2.13. The molecule has 0 unspecified atom stereocenters. The second kappa shape index (κ2) is 4.60. The molecular formula is C14H18O2. The van der Waals surface area contributed by atoms with Gasteiger partial charge < -0.3 is 4.79 Å². The summed E-state index contributed by atoms with van der Waals surface area (Å²) in [6.07, 6.45) is 1.23. The van der Waals surface area contributed by atoms with Crippen LogP contribution in [0.25, 0.3) is 0 Å². The summed E-state index contributed by atoms with van der Waals surface area (Å²) in [5.74, 6) is 0.0400. The number of ketones is 1. The molecule has 0 heterocycles. The van der Waals surface area contributed by atoms with Crippen LogP contribution in [0.15, 0.2) is 18.2 Å². The maximum atomic E-state index is 11.4. The van der Waals surface area contributed by atoms with E-state index in [1.54, 1.807) is 13.0 Å². The Labute approximate surface area is 96.7 Å². The van der Waals surface area contributed by atoms with Crippen molar-refractivity contribution in [2.75, 3.05) is 0 Å². The van der Waals surface area contributed by atoms with E-state index in [0.717, 1.165) is 17.4 Å². The lowest BCUT2D eigenvalue weighted by molar-refractivity contribution is -0.107. The van der Waals surface area contributed by atoms with Gasteiger partial charge in [0.25, 0.3) is 0 Å². The van der Waals surface area contributed by atoms with Crippen LogP contribution in [0.3, 0.4) is 0 Å². The highest BCUT2D eigenvalue weighted by molar-refractivity contribution is 5.94. The van der Waals surface area contributed by atoms with Crippen LogP contribution in [-0.2, 0) is 16.6 Å². The molecule has 16 heavy (non-hydrogen) atoms. The Bertz CT molecular complexity index is 411. The standard InChI is InChI=1S/C14H18O2/c1-10(16)12-7-11(5-6-15)8-13(9-12)14(2,3)4/h6-9H,5H2,1-4H3. The topological polar surface area (TPSA) is 34.1 Å². The Kier molecular flexibility index (Phi) is 3.63. The molecule has 0 N–H and O–H groups in total. The van der Waals surface area contributed by atoms with Gasteiger partial charge >= 0.3 is 0 Å². The smallest absolute Gasteiger partial charge is 0.159 e. The highest BCUT2D eigenvalue weighted by Gasteiger charge is 2.16. The molecule has 0 fully saturated rings. The number of carbonyl (C=O) groups is 2. The summed E-state index contributed by atoms with van der Waals surface area (Å²) in [6.45, 7) is 7.83. The predicted molar refractivity (Wildman–Crippen MR) is 64.9 cm³/mol. The van der Waals surface area contributed by atoms with Crippen molar-refractivity contribution in [3.05, 3.63) is 34.9 Å². The van der Waals surface area contributed by atoms with Crippen molar-refractivity contribution in [2.45, 2.75) is 39.5 Å². The van der Waals surface area contributed by atoms with E-state index in [2.05, 4.69) is 20.8 Å². The quantitative estimate of drug-likeness (QED) is 0.577. The van der Waals surface area contributed by atoms with Crippen LogP contribution in [0, 0.1) is 0 Å². The second-order valence-corrected chi connectivity index (χ2v) is 5.10. The maximum absolute atomic E-state index is 11.4. The van der Waals surface area contributed by atoms with E-state index in [9.17, 15) is 9.59 Å². The molecular weight excluding hydrogens is 200 g/mol. The van der Waals surface area contributed by atoms with Gasteiger partial charge in [0, 0.05) is 12.0 Å². The van der Waals surface area contributed by atoms with Gasteiger partial charge in [-0.3, -0.25) is 4.79 Å². The fraction of sp³-hybridized carbons (Fsp3) is 0.429. The van der Waals surface area contributed by atoms with Gasteiger partial charge in [0.2, 0.25) is 0 Å². The molecule has 0 aliphatic carbocycles. The van der Waals surface area contributed by atoms with Crippen molar-refractivity contribution in [3.8, 4) is 0 Å². The van der Waals surface area contributed by atoms with Gasteiger partial charge in [-0.05, 0) is 35.6 Å². The largest absolute Gasteiger partial charge is 0.303 e. The third-order valence-electron chi connectivity index (χ3n) is 2.58. The highest BCUT2D eigenvalue weighted by atomic mass is 16.1. The molecule has 2 nitrogen and oxygen atoms in total. The first kappa shape index (κ1) is 12.6. The van der Waals surface area contributed by atoms with E-state index in [1.165, 1.54) is 0 Å². The first-order valence-corrected chi connectivity index (χ1v) is 5.43. The second-order valence-electron chi connectivity index (χ2n) is 5.10. The molecule has 0 amide bonds. The zero-order valence-electron chi connectivity index (χ0n) is 10.3. The van der Waals surface area contributed by atoms with Crippen molar-refractivity contribution in [2.24, 2.45) is 0 Å². The predicted octanol–water partition coefficient (Wildman–Crippen LogP) is 2.93. The molecule has 0 saturated carbocycles. The Morgan fingerprint density at radius 3 is 2.31 bits per heavy atom. The van der Waals surface area contributed by atoms with Gasteiger partial charge in [-0.15, -0.1) is 0 Å². The minimum atomic E-state index is -0.0108. The molecule has 0 saturated heterocycles. The van der Waals surface area contributed by atoms with Gasteiger partial charge in [-0.1, -0.05) is 26.8 Å². The molecule has 0 aliphatic rings. The fourth-order valence-electron chi connectivity index (χ4n) is 1.54. The van der Waals surface area contributed by atoms with E-state index in [-0.39, 0.29) is 11.2 Å². The average molecular weight is 218 g/mol. The zero-order valence-corrected chi connectivity index (χ0v) is 10.3. The van der Waals surface area contributed by atoms with Crippen molar-refractivity contribution in [3.63, 3.8) is 0 Å². The number of Topliss-reactive ketones (excluding diaryl/α,β-unsaturated/α-hetero) is 1. The third kappa shape index (κ3) is 3.02. The monoisotopic (exact) mass is 218 g/mol. The summed E-state index contributed by atoms with van der Waals surface area (Å²) in [4.78, 5) is 21.9. The Balaban J connectivity index is 3.29. The molecule has 0 aromatic heterocycles. The highest BCUT2D eigenvalue weighted by Crippen LogP contribution is 2.24. The van der Waals surface area contributed by atoms with Gasteiger partial charge in [-0.2, -0.15) is 0 Å². The van der Waals surface area contributed by atoms with E-state index in [4.69, 9.17) is 0 Å². The number of hydrogen-bond donors (Lipinski definition) is 0. The van der Waals surface area contributed by atoms with Crippen molar-refractivity contribution in [1.82, 2.24) is 0 Å². The number of carbonyl (C=O) groups excluding carboxylic acids is 2. The van der Waals surface area contributed by atoms with Crippen LogP contribution < -0.4 is 0 Å². The van der Waals surface area contributed by atoms with Crippen LogP contribution in [0.5, 0.6) is 0 Å². The molecule has 1 rings (SSSR count). The maximum Gasteiger partial charge on any atom is 0.159 e. The van der Waals surface area contributed by atoms with Gasteiger partial charge in [0.1, 0.15) is 6.29 Å². The SMILES string of the molecule is CC(=O)c1cc(CC=O)cc(C(C)(C)C)c1. The number of hydrogen-bond acceptors (Lipinski definition) is 2. The van der Waals surface area contributed by atoms with Crippen molar-refractivity contribution < 1.29 is 9.59 Å². The summed E-state index contributed by atoms with van der Waals surface area (Å²) in [7, 11) is 0. The van der Waals surface area contributed by atoms with Gasteiger partial charge in [-0.25, -0.2) is 0 Å². The molecule has 0 bridgehead atoms. The minimum Gasteiger partial charge on any atom is -0.303 e. The fourth-order valence-corrected chi connectivity index (χ4v) is 1.54. The molecule has 0 spiro atoms. The minimum absolute atomic E-state index is 0.0108. The summed E-state index contributed by atoms with van der Waals surface area (Å²) in [5.41, 5.74) is 2.68. The van der Waals surface area contributed by atoms with Crippen LogP contribution in [-0.4, -0.2) is 12.1 Å². The molecule has 0 aliphatic heterocycles. The van der Waals surface area contributed by atoms with Crippen LogP contribution in [0.2, 0.25) is 0 Å². The Hall–Kier alpha value is -1.44. The van der Waals surface area contributed by atoms with E-state index in [0.29, 0.717) is 12.0 Å². The number of benzene rings is 1. The van der Waals surface area contributed by atoms with E-state index < -0.39 is 0 Å². The lowest BCUT2D eigenvalue weighted by Gasteiger charge is -2.20. The Morgan fingerprint density at radius 1 is 1.25 bits per heavy atom. The first-order valence-electron chi connectivity index (χ1n) is 5.43. The molecule has 0 atom stereocenters. The van der Waals surface area contributed by atoms with Gasteiger partial charge in [0.15, 0.2) is 5.78 Å². The van der Waals surface area contributed by atoms with Crippen molar-refractivity contribution in [1.29, 1.82) is 0 Å². The summed E-state index contributed by atoms with van der Waals surface area (Å²) < 4.78 is 0. The van der Waals surface area contributed by atoms with E-state index in [1.807, 2.05) is 12.1 Å². The number of aldehydes is 1. The van der Waals surface area contributed by atoms with Crippen molar-refractivity contribution >= 4 is 12.1 Å². The summed E-state index contributed by atoms with van der Waals surface area (Å²) in [6, 6.07) is 5.71. The summed E-state index contributed by atoms with van der Waals surface area (Å²) in [5, 5.41) is 0. The zero-order chi connectivity index (χ0) is 12.3. The van der Waals surface area contributed by atoms with Crippen LogP contribution in [0.4, 0.5) is 0 Å². The Morgan fingerprint density at radius 2 is 1.88 bits per heavy atom. The molecule has 1 aromatic carbocycles. The molecule has 1 aromatic rings. The van der Waals surface area contributed by atoms with Gasteiger partial charge in [0.05, 0.1) is 0 Å². The number of rotatable bonds is 3. The summed E-state index contributed by atoms with van der Waals surface area (Å²) >= 11 is 0. The lowest BCUT2D eigenvalue weighted by atomic mass is 9.84. The first-order chi connectivity index (χ1) is 7.34. The van der Waals surface area contributed by atoms with E-state index >= 15 is 0 Å². The normalized spacial score (nSPS) is 11.2. The molecule has 2 heteroatoms. The molecule has 86 valence electrons. The van der Waals surface area contributed by atoms with Crippen LogP contribution in [0.1, 0.15) is 49.2 Å². The third-order valence-corrected chi connectivity index (χ3v) is 2.58.